The van der Waals surface area contributed by atoms with Crippen LogP contribution in [0.15, 0.2) is 163 Å². The quantitative estimate of drug-likeness (QED) is 0.00937. The van der Waals surface area contributed by atoms with Crippen molar-refractivity contribution in [1.29, 1.82) is 0 Å². The van der Waals surface area contributed by atoms with Gasteiger partial charge >= 0.3 is 0 Å². The lowest BCUT2D eigenvalue weighted by Crippen LogP contribution is -2.37. The number of benzene rings is 8. The Morgan fingerprint density at radius 2 is 0.944 bits per heavy atom. The van der Waals surface area contributed by atoms with E-state index in [1.807, 2.05) is 4.90 Å². The zero-order chi connectivity index (χ0) is 63.2. The van der Waals surface area contributed by atoms with Gasteiger partial charge in [-0.3, -0.25) is 13.7 Å². The highest BCUT2D eigenvalue weighted by molar-refractivity contribution is 7.94. The molecule has 8 aromatic carbocycles. The summed E-state index contributed by atoms with van der Waals surface area (Å²) >= 11 is -4.18. The molecule has 3 aromatic heterocycles. The van der Waals surface area contributed by atoms with E-state index in [1.54, 1.807) is 60.7 Å². The van der Waals surface area contributed by atoms with Crippen molar-refractivity contribution in [3.05, 3.63) is 156 Å². The van der Waals surface area contributed by atoms with Crippen molar-refractivity contribution in [3.8, 4) is 11.4 Å². The second kappa shape index (κ2) is 24.8. The number of anilines is 5. The summed E-state index contributed by atoms with van der Waals surface area (Å²) in [6.07, 6.45) is 5.29. The van der Waals surface area contributed by atoms with Crippen molar-refractivity contribution in [1.82, 2.24) is 44.9 Å². The maximum Gasteiger partial charge on any atom is 0.295 e. The number of hydrogen-bond donors (Lipinski definition) is 8. The van der Waals surface area contributed by atoms with Crippen molar-refractivity contribution in [2.75, 3.05) is 41.8 Å². The van der Waals surface area contributed by atoms with Gasteiger partial charge in [0, 0.05) is 50.9 Å². The van der Waals surface area contributed by atoms with Crippen molar-refractivity contribution in [2.24, 2.45) is 0 Å². The highest BCUT2D eigenvalue weighted by atomic mass is 32.2. The van der Waals surface area contributed by atoms with Crippen LogP contribution in [0.2, 0.25) is 0 Å². The Morgan fingerprint density at radius 3 is 1.40 bits per heavy atom. The molecule has 4 heterocycles. The molecule has 35 heteroatoms. The molecule has 1 aliphatic heterocycles. The summed E-state index contributed by atoms with van der Waals surface area (Å²) in [6, 6.07) is 32.7. The van der Waals surface area contributed by atoms with E-state index >= 15 is 0 Å². The van der Waals surface area contributed by atoms with Crippen LogP contribution in [0.4, 0.5) is 29.2 Å². The summed E-state index contributed by atoms with van der Waals surface area (Å²) in [5.74, 6) is 0.00641. The second-order valence-electron chi connectivity index (χ2n) is 19.5. The van der Waals surface area contributed by atoms with Gasteiger partial charge in [0.05, 0.1) is 46.4 Å². The molecular weight excluding hydrogens is 1290 g/mol. The molecule has 1 aliphatic rings. The molecule has 0 bridgehead atoms. The first kappa shape index (κ1) is 61.4. The van der Waals surface area contributed by atoms with E-state index < -0.39 is 67.2 Å². The Morgan fingerprint density at radius 1 is 0.522 bits per heavy atom. The first-order valence-electron chi connectivity index (χ1n) is 26.0. The van der Waals surface area contributed by atoms with Gasteiger partial charge in [0.25, 0.3) is 30.4 Å². The summed E-state index contributed by atoms with van der Waals surface area (Å²) < 4.78 is 164. The Bertz CT molecular complexity index is 5200. The number of hydrogen-bond acceptors (Lipinski definition) is 23. The fourth-order valence-corrected chi connectivity index (χ4v) is 13.6. The van der Waals surface area contributed by atoms with Crippen LogP contribution in [-0.4, -0.2) is 133 Å². The molecule has 1 saturated heterocycles. The molecule has 29 nitrogen and oxygen atoms in total. The zero-order valence-electron chi connectivity index (χ0n) is 45.4. The van der Waals surface area contributed by atoms with E-state index in [-0.39, 0.29) is 77.3 Å². The molecule has 0 spiro atoms. The molecule has 2 unspecified atom stereocenters. The Kier molecular flexibility index (Phi) is 16.9. The van der Waals surface area contributed by atoms with Gasteiger partial charge in [0.15, 0.2) is 22.2 Å². The maximum absolute atomic E-state index is 13.0. The normalized spacial score (nSPS) is 14.2. The van der Waals surface area contributed by atoms with Crippen LogP contribution in [0.3, 0.4) is 0 Å². The Hall–Kier alpha value is -8.89. The topological polar surface area (TPSA) is 413 Å². The maximum atomic E-state index is 13.0. The largest absolute Gasteiger partial charge is 0.378 e. The van der Waals surface area contributed by atoms with Crippen LogP contribution in [0.25, 0.3) is 79.3 Å². The van der Waals surface area contributed by atoms with Crippen LogP contribution in [0.5, 0.6) is 0 Å². The van der Waals surface area contributed by atoms with Crippen LogP contribution >= 0.6 is 12.0 Å². The van der Waals surface area contributed by atoms with Crippen LogP contribution in [0, 0.1) is 0 Å². The Balaban J connectivity index is 0.818. The average molecular weight is 1340 g/mol. The van der Waals surface area contributed by atoms with Crippen LogP contribution < -0.4 is 15.5 Å². The number of rotatable bonds is 19. The monoisotopic (exact) mass is 1330 g/mol. The van der Waals surface area contributed by atoms with E-state index in [2.05, 4.69) is 51.0 Å². The van der Waals surface area contributed by atoms with Gasteiger partial charge in [-0.25, -0.2) is 13.7 Å². The fraction of sp³-hybridized carbons (Fsp3) is 0.0727. The van der Waals surface area contributed by atoms with Gasteiger partial charge < -0.3 is 29.4 Å². The standard InChI is InChI=1S/C55H42N12O17S6/c68-83-84-85-45-25-35(17-13-31(45)9-10-33-15-19-37(27-49(33)89(76,77)78)66-61-43-29-46(86(69)70)39-5-1-3-7-41(39)51(43)63-66)56-53-58-54(60-55(59-53)65-21-23-82-24-22-65)57-36-18-14-32(48(26-36)88(73,74)75)11-12-34-16-20-38(28-50(34)90(79,80)81)67-62-44-30-47(87(71)72)40-6-2-4-8-42(40)52(44)64-67/h1-20,25-30,68H,21-24H2,(H,69,70)(H,71,72)(H,73,74,75)(H,76,77,78)(H,79,80,81)(H2,56,57,58,59,60). The molecule has 0 aliphatic carbocycles. The third-order valence-corrected chi connectivity index (χ3v) is 18.7. The molecule has 8 N–H and O–H groups in total. The summed E-state index contributed by atoms with van der Waals surface area (Å²) in [4.78, 5) is 16.4. The molecule has 90 heavy (non-hydrogen) atoms. The molecule has 460 valence electrons. The lowest BCUT2D eigenvalue weighted by atomic mass is 10.1. The average Bonchev–Trinajstić information content (AvgIpc) is 1.61. The predicted molar refractivity (Wildman–Crippen MR) is 331 cm³/mol. The van der Waals surface area contributed by atoms with Gasteiger partial charge in [-0.05, 0) is 82.9 Å². The minimum absolute atomic E-state index is 0.0295. The predicted octanol–water partition coefficient (Wildman–Crippen LogP) is 8.64. The third kappa shape index (κ3) is 12.9. The van der Waals surface area contributed by atoms with Crippen molar-refractivity contribution >= 4 is 162 Å². The summed E-state index contributed by atoms with van der Waals surface area (Å²) in [5.41, 5.74) is 1.93. The zero-order valence-corrected chi connectivity index (χ0v) is 50.3. The summed E-state index contributed by atoms with van der Waals surface area (Å²) in [7, 11) is -14.9. The van der Waals surface area contributed by atoms with Crippen molar-refractivity contribution in [2.45, 2.75) is 29.4 Å². The SMILES string of the molecule is O=S(O)c1cc2nn(-c3ccc(C=Cc4ccc(Nc5nc(Nc6ccc(C=Cc7ccc(-n8nc9cc(S(=O)O)c%10ccccc%10c9n8)cc7S(=O)(=O)O)c(S(=O)(=O)O)c6)nc(N6CCOCC6)n5)cc4SOOO)c(S(=O)(=O)O)c3)nc2c2ccccc12. The highest BCUT2D eigenvalue weighted by Gasteiger charge is 2.24. The number of fused-ring (bicyclic) bond motifs is 6. The van der Waals surface area contributed by atoms with Crippen molar-refractivity contribution < 1.29 is 75.8 Å². The fourth-order valence-electron chi connectivity index (χ4n) is 9.81. The number of nitrogens with one attached hydrogen (secondary N) is 2. The number of morpholine rings is 1. The molecule has 0 saturated carbocycles. The van der Waals surface area contributed by atoms with E-state index in [1.165, 1.54) is 78.9 Å². The minimum Gasteiger partial charge on any atom is -0.378 e. The van der Waals surface area contributed by atoms with E-state index in [4.69, 9.17) is 14.3 Å². The van der Waals surface area contributed by atoms with Crippen LogP contribution in [0.1, 0.15) is 22.3 Å². The summed E-state index contributed by atoms with van der Waals surface area (Å²) in [5, 5.41) is 38.9. The van der Waals surface area contributed by atoms with Gasteiger partial charge in [0.2, 0.25) is 17.8 Å². The van der Waals surface area contributed by atoms with E-state index in [0.29, 0.717) is 82.2 Å². The van der Waals surface area contributed by atoms with Gasteiger partial charge in [-0.15, -0.1) is 24.7 Å². The first-order chi connectivity index (χ1) is 43.1. The van der Waals surface area contributed by atoms with Gasteiger partial charge in [0.1, 0.15) is 36.8 Å². The van der Waals surface area contributed by atoms with Crippen molar-refractivity contribution in [3.63, 3.8) is 0 Å². The molecular formula is C55H42N12O17S6. The third-order valence-electron chi connectivity index (χ3n) is 13.9. The van der Waals surface area contributed by atoms with Gasteiger partial charge in [-0.1, -0.05) is 102 Å². The highest BCUT2D eigenvalue weighted by Crippen LogP contribution is 2.35. The summed E-state index contributed by atoms with van der Waals surface area (Å²) in [6.45, 7) is 1.41. The minimum atomic E-state index is -5.01. The molecule has 12 rings (SSSR count). The number of nitrogens with zero attached hydrogens (tertiary/aromatic N) is 10. The molecule has 2 atom stereocenters. The van der Waals surface area contributed by atoms with Gasteiger partial charge in [-0.2, -0.15) is 49.8 Å². The smallest absolute Gasteiger partial charge is 0.295 e. The second-order valence-corrected chi connectivity index (χ2v) is 26.2. The van der Waals surface area contributed by atoms with Crippen LogP contribution in [-0.2, 0) is 66.6 Å². The first-order valence-corrected chi connectivity index (χ1v) is 33.3. The lowest BCUT2D eigenvalue weighted by Gasteiger charge is -2.27. The lowest BCUT2D eigenvalue weighted by molar-refractivity contribution is -0.432. The number of ether oxygens (including phenoxy) is 1. The molecule has 11 aromatic rings. The molecule has 0 radical (unpaired) electrons. The number of aromatic nitrogens is 9. The Labute approximate surface area is 517 Å². The molecule has 0 amide bonds. The molecule has 1 fully saturated rings. The van der Waals surface area contributed by atoms with E-state index in [0.717, 1.165) is 27.8 Å². The van der Waals surface area contributed by atoms with E-state index in [9.17, 15) is 56.4 Å².